The molecule has 1 aliphatic heterocycles. The molecule has 1 saturated carbocycles. The van der Waals surface area contributed by atoms with Crippen molar-refractivity contribution >= 4 is 40.7 Å². The Morgan fingerprint density at radius 1 is 1.13 bits per heavy atom. The SMILES string of the molecule is CCn1cc(Cl)c(C(=O)N2N=C3/C(=C/c4cccc([N+](=O)[O-])c4)CCC[C@H]3[C@H]2c2cccc([N+](=O)[O-])c2)n1. The van der Waals surface area contributed by atoms with Crippen LogP contribution in [-0.2, 0) is 6.54 Å². The van der Waals surface area contributed by atoms with Gasteiger partial charge in [-0.1, -0.05) is 35.9 Å². The van der Waals surface area contributed by atoms with E-state index in [1.807, 2.05) is 13.0 Å². The molecule has 1 amide bonds. The largest absolute Gasteiger partial charge is 0.296 e. The molecule has 0 saturated heterocycles. The lowest BCUT2D eigenvalue weighted by molar-refractivity contribution is -0.385. The van der Waals surface area contributed by atoms with E-state index < -0.39 is 21.8 Å². The number of nitro benzene ring substituents is 2. The van der Waals surface area contributed by atoms with Crippen LogP contribution in [0.25, 0.3) is 6.08 Å². The van der Waals surface area contributed by atoms with Gasteiger partial charge in [0.1, 0.15) is 0 Å². The van der Waals surface area contributed by atoms with Crippen molar-refractivity contribution in [3.05, 3.63) is 102 Å². The highest BCUT2D eigenvalue weighted by Crippen LogP contribution is 2.45. The summed E-state index contributed by atoms with van der Waals surface area (Å²) in [6.07, 6.45) is 5.60. The highest BCUT2D eigenvalue weighted by atomic mass is 35.5. The number of fused-ring (bicyclic) bond motifs is 1. The molecule has 0 unspecified atom stereocenters. The first-order valence-electron chi connectivity index (χ1n) is 12.1. The predicted octanol–water partition coefficient (Wildman–Crippen LogP) is 5.81. The van der Waals surface area contributed by atoms with Gasteiger partial charge >= 0.3 is 0 Å². The van der Waals surface area contributed by atoms with E-state index in [2.05, 4.69) is 5.10 Å². The van der Waals surface area contributed by atoms with Gasteiger partial charge in [0.15, 0.2) is 5.69 Å². The smallest absolute Gasteiger partial charge is 0.271 e. The zero-order valence-corrected chi connectivity index (χ0v) is 21.1. The number of benzene rings is 2. The van der Waals surface area contributed by atoms with Crippen LogP contribution in [0.5, 0.6) is 0 Å². The fraction of sp³-hybridized carbons (Fsp3) is 0.269. The molecule has 1 fully saturated rings. The predicted molar refractivity (Wildman–Crippen MR) is 141 cm³/mol. The number of non-ortho nitro benzene ring substituents is 2. The van der Waals surface area contributed by atoms with Gasteiger partial charge in [-0.3, -0.25) is 29.7 Å². The van der Waals surface area contributed by atoms with Gasteiger partial charge in [0, 0.05) is 42.9 Å². The number of hydrazone groups is 1. The van der Waals surface area contributed by atoms with E-state index in [1.54, 1.807) is 35.1 Å². The van der Waals surface area contributed by atoms with Gasteiger partial charge in [0.2, 0.25) is 0 Å². The Morgan fingerprint density at radius 2 is 1.84 bits per heavy atom. The molecule has 12 heteroatoms. The molecular weight excluding hydrogens is 512 g/mol. The summed E-state index contributed by atoms with van der Waals surface area (Å²) in [5, 5.41) is 33.4. The molecule has 2 heterocycles. The summed E-state index contributed by atoms with van der Waals surface area (Å²) in [5.74, 6) is -0.734. The number of nitrogens with zero attached hydrogens (tertiary/aromatic N) is 6. The normalized spacial score (nSPS) is 19.8. The molecule has 2 atom stereocenters. The second kappa shape index (κ2) is 10.2. The number of hydrogen-bond acceptors (Lipinski definition) is 7. The Labute approximate surface area is 222 Å². The highest BCUT2D eigenvalue weighted by molar-refractivity contribution is 6.33. The molecule has 11 nitrogen and oxygen atoms in total. The minimum absolute atomic E-state index is 0.0208. The number of hydrogen-bond donors (Lipinski definition) is 0. The summed E-state index contributed by atoms with van der Waals surface area (Å²) in [7, 11) is 0. The second-order valence-electron chi connectivity index (χ2n) is 9.13. The maximum atomic E-state index is 13.8. The molecule has 2 aromatic carbocycles. The van der Waals surface area contributed by atoms with Gasteiger partial charge in [-0.25, -0.2) is 5.01 Å². The molecule has 5 rings (SSSR count). The fourth-order valence-electron chi connectivity index (χ4n) is 5.07. The summed E-state index contributed by atoms with van der Waals surface area (Å²) in [5.41, 5.74) is 2.72. The third-order valence-corrected chi connectivity index (χ3v) is 7.07. The van der Waals surface area contributed by atoms with Crippen molar-refractivity contribution in [1.82, 2.24) is 14.8 Å². The number of aromatic nitrogens is 2. The Kier molecular flexibility index (Phi) is 6.77. The lowest BCUT2D eigenvalue weighted by Crippen LogP contribution is -2.32. The lowest BCUT2D eigenvalue weighted by Gasteiger charge is -2.29. The van der Waals surface area contributed by atoms with Crippen LogP contribution < -0.4 is 0 Å². The van der Waals surface area contributed by atoms with Gasteiger partial charge in [-0.05, 0) is 49.0 Å². The van der Waals surface area contributed by atoms with Gasteiger partial charge < -0.3 is 0 Å². The van der Waals surface area contributed by atoms with Gasteiger partial charge in [-0.2, -0.15) is 10.2 Å². The number of amides is 1. The van der Waals surface area contributed by atoms with E-state index in [-0.39, 0.29) is 28.0 Å². The average Bonchev–Trinajstić information content (AvgIpc) is 3.49. The van der Waals surface area contributed by atoms with Crippen molar-refractivity contribution in [3.63, 3.8) is 0 Å². The Bertz CT molecular complexity index is 1510. The van der Waals surface area contributed by atoms with Crippen molar-refractivity contribution in [3.8, 4) is 0 Å². The Morgan fingerprint density at radius 3 is 2.53 bits per heavy atom. The first kappa shape index (κ1) is 25.3. The number of nitro groups is 2. The van der Waals surface area contributed by atoms with Crippen molar-refractivity contribution in [2.75, 3.05) is 0 Å². The summed E-state index contributed by atoms with van der Waals surface area (Å²) >= 11 is 6.35. The molecule has 0 radical (unpaired) electrons. The van der Waals surface area contributed by atoms with Crippen LogP contribution in [0.1, 0.15) is 53.8 Å². The van der Waals surface area contributed by atoms with E-state index in [1.165, 1.54) is 29.3 Å². The molecule has 0 spiro atoms. The maximum absolute atomic E-state index is 13.8. The molecule has 0 bridgehead atoms. The molecule has 1 aromatic heterocycles. The van der Waals surface area contributed by atoms with Crippen molar-refractivity contribution in [1.29, 1.82) is 0 Å². The number of carbonyl (C=O) groups is 1. The molecular formula is C26H23ClN6O5. The minimum Gasteiger partial charge on any atom is -0.271 e. The number of halogens is 1. The molecule has 1 aliphatic carbocycles. The monoisotopic (exact) mass is 534 g/mol. The quantitative estimate of drug-likeness (QED) is 0.289. The highest BCUT2D eigenvalue weighted by Gasteiger charge is 2.45. The van der Waals surface area contributed by atoms with Gasteiger partial charge in [0.25, 0.3) is 17.3 Å². The molecule has 38 heavy (non-hydrogen) atoms. The van der Waals surface area contributed by atoms with E-state index in [0.717, 1.165) is 12.0 Å². The second-order valence-corrected chi connectivity index (χ2v) is 9.54. The molecule has 2 aliphatic rings. The number of allylic oxidation sites excluding steroid dienone is 1. The van der Waals surface area contributed by atoms with Crippen LogP contribution >= 0.6 is 11.6 Å². The first-order valence-corrected chi connectivity index (χ1v) is 12.5. The van der Waals surface area contributed by atoms with Crippen LogP contribution in [0, 0.1) is 26.1 Å². The van der Waals surface area contributed by atoms with Crippen LogP contribution in [0.4, 0.5) is 11.4 Å². The Hall–Kier alpha value is -4.38. The maximum Gasteiger partial charge on any atom is 0.296 e. The van der Waals surface area contributed by atoms with Crippen LogP contribution in [0.2, 0.25) is 5.02 Å². The van der Waals surface area contributed by atoms with Gasteiger partial charge in [-0.15, -0.1) is 0 Å². The van der Waals surface area contributed by atoms with Crippen molar-refractivity contribution in [2.24, 2.45) is 11.0 Å². The third-order valence-electron chi connectivity index (χ3n) is 6.80. The zero-order chi connectivity index (χ0) is 27.0. The molecule has 3 aromatic rings. The zero-order valence-electron chi connectivity index (χ0n) is 20.4. The fourth-order valence-corrected chi connectivity index (χ4v) is 5.30. The van der Waals surface area contributed by atoms with E-state index in [9.17, 15) is 25.0 Å². The Balaban J connectivity index is 1.61. The van der Waals surface area contributed by atoms with E-state index in [0.29, 0.717) is 36.2 Å². The summed E-state index contributed by atoms with van der Waals surface area (Å²) in [6.45, 7) is 2.40. The van der Waals surface area contributed by atoms with Crippen molar-refractivity contribution in [2.45, 2.75) is 38.8 Å². The summed E-state index contributed by atoms with van der Waals surface area (Å²) in [6, 6.07) is 11.9. The molecule has 0 N–H and O–H groups in total. The topological polar surface area (TPSA) is 137 Å². The minimum atomic E-state index is -0.603. The standard InChI is InChI=1S/C26H23ClN6O5/c1-2-30-15-22(27)24(28-30)26(34)31-25(18-8-4-10-20(14-18)33(37)38)21-11-5-7-17(23(21)29-31)12-16-6-3-9-19(13-16)32(35)36/h3-4,6,8-10,12-15,21,25H,2,5,7,11H2,1H3/b17-12+/t21-,25-/m1/s1. The van der Waals surface area contributed by atoms with E-state index in [4.69, 9.17) is 16.7 Å². The summed E-state index contributed by atoms with van der Waals surface area (Å²) in [4.78, 5) is 35.6. The van der Waals surface area contributed by atoms with E-state index >= 15 is 0 Å². The van der Waals surface area contributed by atoms with Crippen LogP contribution in [0.15, 0.2) is 65.4 Å². The molecule has 194 valence electrons. The number of rotatable bonds is 6. The summed E-state index contributed by atoms with van der Waals surface area (Å²) < 4.78 is 1.56. The van der Waals surface area contributed by atoms with Crippen molar-refractivity contribution < 1.29 is 14.6 Å². The average molecular weight is 535 g/mol. The lowest BCUT2D eigenvalue weighted by atomic mass is 9.77. The van der Waals surface area contributed by atoms with Crippen LogP contribution in [-0.4, -0.2) is 36.3 Å². The first-order chi connectivity index (χ1) is 18.3. The van der Waals surface area contributed by atoms with Gasteiger partial charge in [0.05, 0.1) is 26.6 Å². The number of aryl methyl sites for hydroxylation is 1. The van der Waals surface area contributed by atoms with Crippen LogP contribution in [0.3, 0.4) is 0 Å². The third kappa shape index (κ3) is 4.68. The number of carbonyl (C=O) groups excluding carboxylic acids is 1.